The summed E-state index contributed by atoms with van der Waals surface area (Å²) in [5.41, 5.74) is 3.15. The van der Waals surface area contributed by atoms with Crippen LogP contribution in [-0.2, 0) is 0 Å². The number of carbonyl (C=O) groups excluding carboxylic acids is 1. The number of nitrogens with one attached hydrogen (secondary N) is 1. The van der Waals surface area contributed by atoms with Crippen molar-refractivity contribution in [2.24, 2.45) is 0 Å². The molecular weight excluding hydrogens is 406 g/mol. The highest BCUT2D eigenvalue weighted by Crippen LogP contribution is 2.29. The van der Waals surface area contributed by atoms with Crippen molar-refractivity contribution in [3.05, 3.63) is 103 Å². The van der Waals surface area contributed by atoms with Crippen LogP contribution >= 0.6 is 11.3 Å². The lowest BCUT2D eigenvalue weighted by Crippen LogP contribution is -2.11. The molecule has 0 radical (unpaired) electrons. The Morgan fingerprint density at radius 1 is 0.806 bits per heavy atom. The Kier molecular flexibility index (Phi) is 5.12. The van der Waals surface area contributed by atoms with E-state index in [-0.39, 0.29) is 5.91 Å². The van der Waals surface area contributed by atoms with Crippen LogP contribution in [0.3, 0.4) is 0 Å². The first-order valence-electron chi connectivity index (χ1n) is 9.71. The van der Waals surface area contributed by atoms with Crippen LogP contribution in [0.2, 0.25) is 0 Å². The van der Waals surface area contributed by atoms with Gasteiger partial charge in [0.05, 0.1) is 0 Å². The van der Waals surface area contributed by atoms with Crippen molar-refractivity contribution < 1.29 is 9.53 Å². The number of thiazole rings is 1. The number of para-hydroxylation sites is 1. The van der Waals surface area contributed by atoms with Crippen molar-refractivity contribution in [2.45, 2.75) is 0 Å². The molecule has 6 heteroatoms. The van der Waals surface area contributed by atoms with Gasteiger partial charge < -0.3 is 10.1 Å². The molecule has 2 heterocycles. The van der Waals surface area contributed by atoms with Crippen molar-refractivity contribution in [3.8, 4) is 22.1 Å². The highest BCUT2D eigenvalue weighted by Gasteiger charge is 2.09. The molecule has 5 nitrogen and oxygen atoms in total. The fraction of sp³-hybridized carbons (Fsp3) is 0. The van der Waals surface area contributed by atoms with Crippen LogP contribution in [-0.4, -0.2) is 15.9 Å². The van der Waals surface area contributed by atoms with Gasteiger partial charge in [0.15, 0.2) is 0 Å². The zero-order chi connectivity index (χ0) is 21.0. The summed E-state index contributed by atoms with van der Waals surface area (Å²) in [6, 6.07) is 28.1. The molecule has 0 fully saturated rings. The minimum Gasteiger partial charge on any atom is -0.457 e. The molecule has 0 saturated carbocycles. The second-order valence-electron chi connectivity index (χ2n) is 6.82. The van der Waals surface area contributed by atoms with E-state index in [9.17, 15) is 4.79 Å². The summed E-state index contributed by atoms with van der Waals surface area (Å²) >= 11 is 1.55. The summed E-state index contributed by atoms with van der Waals surface area (Å²) in [5, 5.41) is 3.83. The predicted molar refractivity (Wildman–Crippen MR) is 124 cm³/mol. The smallest absolute Gasteiger partial charge is 0.255 e. The minimum atomic E-state index is -0.178. The van der Waals surface area contributed by atoms with Crippen LogP contribution in [0.15, 0.2) is 97.2 Å². The molecule has 3 aromatic carbocycles. The van der Waals surface area contributed by atoms with Gasteiger partial charge >= 0.3 is 0 Å². The maximum atomic E-state index is 12.6. The van der Waals surface area contributed by atoms with Gasteiger partial charge in [0.2, 0.25) is 0 Å². The number of ether oxygens (including phenoxy) is 1. The zero-order valence-electron chi connectivity index (χ0n) is 16.4. The number of nitrogens with zero attached hydrogens (tertiary/aromatic N) is 2. The SMILES string of the molecule is O=C(Nc1ccc(-c2nc3cccnc3s2)cc1)c1ccc(Oc2ccccc2)cc1. The maximum absolute atomic E-state index is 12.6. The molecule has 0 aliphatic rings. The molecule has 5 aromatic rings. The number of anilines is 1. The van der Waals surface area contributed by atoms with Crippen LogP contribution in [0.1, 0.15) is 10.4 Å². The molecule has 5 rings (SSSR count). The number of benzene rings is 3. The largest absolute Gasteiger partial charge is 0.457 e. The summed E-state index contributed by atoms with van der Waals surface area (Å²) in [7, 11) is 0. The molecule has 0 aliphatic heterocycles. The second-order valence-corrected chi connectivity index (χ2v) is 7.80. The van der Waals surface area contributed by atoms with E-state index in [4.69, 9.17) is 4.74 Å². The summed E-state index contributed by atoms with van der Waals surface area (Å²) in [6.07, 6.45) is 1.77. The lowest BCUT2D eigenvalue weighted by molar-refractivity contribution is 0.102. The van der Waals surface area contributed by atoms with E-state index in [0.29, 0.717) is 11.3 Å². The summed E-state index contributed by atoms with van der Waals surface area (Å²) in [5.74, 6) is 1.25. The molecule has 31 heavy (non-hydrogen) atoms. The van der Waals surface area contributed by atoms with Gasteiger partial charge in [-0.1, -0.05) is 29.5 Å². The quantitative estimate of drug-likeness (QED) is 0.355. The highest BCUT2D eigenvalue weighted by atomic mass is 32.1. The van der Waals surface area contributed by atoms with Crippen LogP contribution in [0.4, 0.5) is 5.69 Å². The Hall–Kier alpha value is -4.03. The zero-order valence-corrected chi connectivity index (χ0v) is 17.2. The van der Waals surface area contributed by atoms with Crippen molar-refractivity contribution >= 4 is 33.3 Å². The van der Waals surface area contributed by atoms with E-state index in [0.717, 1.165) is 32.4 Å². The van der Waals surface area contributed by atoms with Gasteiger partial charge in [-0.25, -0.2) is 9.97 Å². The summed E-state index contributed by atoms with van der Waals surface area (Å²) in [6.45, 7) is 0. The van der Waals surface area contributed by atoms with E-state index in [1.807, 2.05) is 66.7 Å². The van der Waals surface area contributed by atoms with Crippen molar-refractivity contribution in [1.82, 2.24) is 9.97 Å². The predicted octanol–water partition coefficient (Wildman–Crippen LogP) is 6.40. The normalized spacial score (nSPS) is 10.7. The molecule has 0 spiro atoms. The number of aromatic nitrogens is 2. The maximum Gasteiger partial charge on any atom is 0.255 e. The van der Waals surface area contributed by atoms with Crippen molar-refractivity contribution in [3.63, 3.8) is 0 Å². The van der Waals surface area contributed by atoms with Gasteiger partial charge in [-0.2, -0.15) is 0 Å². The van der Waals surface area contributed by atoms with Crippen molar-refractivity contribution in [2.75, 3.05) is 5.32 Å². The number of fused-ring (bicyclic) bond motifs is 1. The lowest BCUT2D eigenvalue weighted by atomic mass is 10.2. The third kappa shape index (κ3) is 4.29. The van der Waals surface area contributed by atoms with E-state index >= 15 is 0 Å². The monoisotopic (exact) mass is 423 g/mol. The molecular formula is C25H17N3O2S. The summed E-state index contributed by atoms with van der Waals surface area (Å²) < 4.78 is 5.77. The molecule has 0 saturated heterocycles. The molecule has 0 bridgehead atoms. The van der Waals surface area contributed by atoms with Crippen LogP contribution in [0.25, 0.3) is 20.9 Å². The Morgan fingerprint density at radius 3 is 2.29 bits per heavy atom. The van der Waals surface area contributed by atoms with E-state index in [2.05, 4.69) is 15.3 Å². The molecule has 2 aromatic heterocycles. The standard InChI is InChI=1S/C25H17N3O2S/c29-23(17-10-14-21(15-11-17)30-20-5-2-1-3-6-20)27-19-12-8-18(9-13-19)24-28-22-7-4-16-26-25(22)31-24/h1-16H,(H,27,29). The Bertz CT molecular complexity index is 1300. The summed E-state index contributed by atoms with van der Waals surface area (Å²) in [4.78, 5) is 22.5. The Labute approximate surface area is 183 Å². The van der Waals surface area contributed by atoms with Crippen LogP contribution < -0.4 is 10.1 Å². The first-order chi connectivity index (χ1) is 15.2. The molecule has 0 unspecified atom stereocenters. The van der Waals surface area contributed by atoms with Gasteiger partial charge in [0, 0.05) is 23.0 Å². The average molecular weight is 423 g/mol. The first-order valence-corrected chi connectivity index (χ1v) is 10.5. The number of rotatable bonds is 5. The van der Waals surface area contributed by atoms with Gasteiger partial charge in [-0.3, -0.25) is 4.79 Å². The molecule has 150 valence electrons. The Balaban J connectivity index is 1.26. The van der Waals surface area contributed by atoms with Gasteiger partial charge in [-0.15, -0.1) is 0 Å². The van der Waals surface area contributed by atoms with Gasteiger partial charge in [0.1, 0.15) is 26.9 Å². The van der Waals surface area contributed by atoms with Gasteiger partial charge in [0.25, 0.3) is 5.91 Å². The minimum absolute atomic E-state index is 0.178. The first kappa shape index (κ1) is 19.0. The second kappa shape index (κ2) is 8.38. The number of hydrogen-bond donors (Lipinski definition) is 1. The number of pyridine rings is 1. The van der Waals surface area contributed by atoms with E-state index < -0.39 is 0 Å². The topological polar surface area (TPSA) is 64.1 Å². The van der Waals surface area contributed by atoms with Crippen LogP contribution in [0.5, 0.6) is 11.5 Å². The average Bonchev–Trinajstić information content (AvgIpc) is 3.25. The molecule has 1 amide bonds. The number of carbonyl (C=O) groups is 1. The Morgan fingerprint density at radius 2 is 1.55 bits per heavy atom. The van der Waals surface area contributed by atoms with Gasteiger partial charge in [-0.05, 0) is 72.8 Å². The fourth-order valence-corrected chi connectivity index (χ4v) is 4.00. The number of hydrogen-bond acceptors (Lipinski definition) is 5. The molecule has 1 N–H and O–H groups in total. The third-order valence-corrected chi connectivity index (χ3v) is 5.68. The van der Waals surface area contributed by atoms with E-state index in [1.165, 1.54) is 0 Å². The van der Waals surface area contributed by atoms with E-state index in [1.54, 1.807) is 41.8 Å². The van der Waals surface area contributed by atoms with Crippen LogP contribution in [0, 0.1) is 0 Å². The molecule has 0 atom stereocenters. The number of amides is 1. The lowest BCUT2D eigenvalue weighted by Gasteiger charge is -2.08. The third-order valence-electron chi connectivity index (χ3n) is 4.65. The fourth-order valence-electron chi connectivity index (χ4n) is 3.09. The highest BCUT2D eigenvalue weighted by molar-refractivity contribution is 7.21. The molecule has 0 aliphatic carbocycles. The van der Waals surface area contributed by atoms with Crippen molar-refractivity contribution in [1.29, 1.82) is 0 Å².